The number of carbonyl (C=O) groups is 4. The van der Waals surface area contributed by atoms with Crippen LogP contribution in [-0.2, 0) is 65.4 Å². The number of carbonyl (C=O) groups excluding carboxylic acids is 4. The number of aliphatic hydroxyl groups is 1. The van der Waals surface area contributed by atoms with Crippen molar-refractivity contribution in [3.05, 3.63) is 0 Å². The maximum atomic E-state index is 13.1. The van der Waals surface area contributed by atoms with E-state index in [2.05, 4.69) is 27.7 Å². The molecule has 3 N–H and O–H groups in total. The molecule has 0 saturated heterocycles. The fourth-order valence-electron chi connectivity index (χ4n) is 12.1. The van der Waals surface area contributed by atoms with Crippen LogP contribution in [0.4, 0.5) is 0 Å². The summed E-state index contributed by atoms with van der Waals surface area (Å²) in [4.78, 5) is 72.9. The summed E-state index contributed by atoms with van der Waals surface area (Å²) in [6.07, 6.45) is 63.7. The van der Waals surface area contributed by atoms with Crippen LogP contribution in [0.15, 0.2) is 0 Å². The largest absolute Gasteiger partial charge is 0.472 e. The lowest BCUT2D eigenvalue weighted by Crippen LogP contribution is -2.30. The molecule has 0 aliphatic carbocycles. The van der Waals surface area contributed by atoms with E-state index in [0.717, 1.165) is 89.9 Å². The first-order valence-electron chi connectivity index (χ1n) is 40.8. The first-order valence-corrected chi connectivity index (χ1v) is 43.8. The van der Waals surface area contributed by atoms with Gasteiger partial charge < -0.3 is 33.8 Å². The van der Waals surface area contributed by atoms with Crippen molar-refractivity contribution in [3.63, 3.8) is 0 Å². The molecule has 576 valence electrons. The Kier molecular flexibility index (Phi) is 71.0. The second-order valence-corrected chi connectivity index (χ2v) is 31.0. The van der Waals surface area contributed by atoms with E-state index in [4.69, 9.17) is 37.0 Å². The van der Waals surface area contributed by atoms with Gasteiger partial charge in [0.05, 0.1) is 26.4 Å². The van der Waals surface area contributed by atoms with Gasteiger partial charge in [-0.2, -0.15) is 0 Å². The van der Waals surface area contributed by atoms with E-state index in [1.165, 1.54) is 250 Å². The van der Waals surface area contributed by atoms with Crippen molar-refractivity contribution in [1.29, 1.82) is 0 Å². The van der Waals surface area contributed by atoms with Gasteiger partial charge in [0.15, 0.2) is 12.2 Å². The molecule has 97 heavy (non-hydrogen) atoms. The van der Waals surface area contributed by atoms with E-state index in [-0.39, 0.29) is 25.7 Å². The third-order valence-electron chi connectivity index (χ3n) is 18.4. The number of phosphoric ester groups is 2. The molecule has 0 aliphatic rings. The molecule has 0 aromatic rings. The molecule has 0 radical (unpaired) electrons. The van der Waals surface area contributed by atoms with Crippen LogP contribution in [0.3, 0.4) is 0 Å². The highest BCUT2D eigenvalue weighted by molar-refractivity contribution is 7.47. The summed E-state index contributed by atoms with van der Waals surface area (Å²) in [6.45, 7) is 5.00. The van der Waals surface area contributed by atoms with Gasteiger partial charge in [0.2, 0.25) is 0 Å². The molecule has 19 heteroatoms. The molecule has 0 aromatic carbocycles. The Labute approximate surface area is 594 Å². The van der Waals surface area contributed by atoms with Crippen LogP contribution in [0.2, 0.25) is 0 Å². The average molecular weight is 1420 g/mol. The smallest absolute Gasteiger partial charge is 0.462 e. The maximum absolute atomic E-state index is 13.1. The van der Waals surface area contributed by atoms with Gasteiger partial charge in [-0.05, 0) is 25.7 Å². The first kappa shape index (κ1) is 95.1. The fraction of sp³-hybridized carbons (Fsp3) is 0.949. The Morgan fingerprint density at radius 3 is 0.608 bits per heavy atom. The number of esters is 4. The number of unbranched alkanes of at least 4 members (excludes halogenated alkanes) is 53. The summed E-state index contributed by atoms with van der Waals surface area (Å²) in [5.41, 5.74) is 0. The van der Waals surface area contributed by atoms with E-state index in [9.17, 15) is 43.2 Å². The van der Waals surface area contributed by atoms with Crippen LogP contribution < -0.4 is 0 Å². The molecule has 17 nitrogen and oxygen atoms in total. The zero-order valence-electron chi connectivity index (χ0n) is 63.1. The van der Waals surface area contributed by atoms with Crippen molar-refractivity contribution >= 4 is 39.5 Å². The van der Waals surface area contributed by atoms with E-state index in [0.29, 0.717) is 25.7 Å². The number of rotatable bonds is 79. The molecule has 0 rings (SSSR count). The molecule has 5 atom stereocenters. The molecule has 0 heterocycles. The van der Waals surface area contributed by atoms with Crippen LogP contribution in [0.5, 0.6) is 0 Å². The normalized spacial score (nSPS) is 13.8. The molecule has 0 spiro atoms. The predicted octanol–water partition coefficient (Wildman–Crippen LogP) is 23.4. The lowest BCUT2D eigenvalue weighted by Gasteiger charge is -2.21. The van der Waals surface area contributed by atoms with Gasteiger partial charge >= 0.3 is 39.5 Å². The lowest BCUT2D eigenvalue weighted by atomic mass is 10.0. The Morgan fingerprint density at radius 1 is 0.247 bits per heavy atom. The Bertz CT molecular complexity index is 1840. The van der Waals surface area contributed by atoms with Gasteiger partial charge in [-0.25, -0.2) is 9.13 Å². The number of ether oxygens (including phenoxy) is 4. The van der Waals surface area contributed by atoms with Gasteiger partial charge in [-0.3, -0.25) is 37.3 Å². The number of aliphatic hydroxyl groups excluding tert-OH is 1. The molecular weight excluding hydrogens is 1270 g/mol. The molecule has 0 amide bonds. The van der Waals surface area contributed by atoms with Crippen LogP contribution in [-0.4, -0.2) is 96.7 Å². The third kappa shape index (κ3) is 72.2. The van der Waals surface area contributed by atoms with Gasteiger partial charge in [0, 0.05) is 25.7 Å². The van der Waals surface area contributed by atoms with Crippen LogP contribution >= 0.6 is 15.6 Å². The van der Waals surface area contributed by atoms with Gasteiger partial charge in [-0.1, -0.05) is 368 Å². The van der Waals surface area contributed by atoms with Crippen LogP contribution in [0.25, 0.3) is 0 Å². The maximum Gasteiger partial charge on any atom is 0.472 e. The number of hydrogen-bond donors (Lipinski definition) is 3. The van der Waals surface area contributed by atoms with Crippen molar-refractivity contribution in [3.8, 4) is 0 Å². The predicted molar refractivity (Wildman–Crippen MR) is 395 cm³/mol. The summed E-state index contributed by atoms with van der Waals surface area (Å²) in [6, 6.07) is 0. The topological polar surface area (TPSA) is 237 Å². The molecular formula is C78H152O17P2. The van der Waals surface area contributed by atoms with E-state index in [1.807, 2.05) is 0 Å². The first-order chi connectivity index (χ1) is 47.2. The molecule has 0 bridgehead atoms. The zero-order valence-corrected chi connectivity index (χ0v) is 64.8. The molecule has 2 unspecified atom stereocenters. The van der Waals surface area contributed by atoms with Crippen molar-refractivity contribution in [2.24, 2.45) is 0 Å². The Morgan fingerprint density at radius 2 is 0.412 bits per heavy atom. The second-order valence-electron chi connectivity index (χ2n) is 28.1. The van der Waals surface area contributed by atoms with Crippen molar-refractivity contribution in [2.45, 2.75) is 438 Å². The van der Waals surface area contributed by atoms with Crippen LogP contribution in [0, 0.1) is 0 Å². The molecule has 0 fully saturated rings. The summed E-state index contributed by atoms with van der Waals surface area (Å²) in [5, 5.41) is 10.6. The van der Waals surface area contributed by atoms with E-state index in [1.54, 1.807) is 0 Å². The van der Waals surface area contributed by atoms with Gasteiger partial charge in [-0.15, -0.1) is 0 Å². The SMILES string of the molecule is CCCCCCCCCCCCCCCCCCCCCC(=O)O[C@H](COC(=O)CCCCCCCCCCCCCCCCCC)COP(=O)(O)OC[C@@H](O)COP(=O)(O)OC[C@@H](COC(=O)CCCCCCCCCCCCC)OC(=O)CCCCCCCCCCCCC. The quantitative estimate of drug-likeness (QED) is 0.0222. The van der Waals surface area contributed by atoms with Crippen molar-refractivity contribution in [2.75, 3.05) is 39.6 Å². The van der Waals surface area contributed by atoms with Crippen LogP contribution in [0.1, 0.15) is 419 Å². The van der Waals surface area contributed by atoms with Crippen molar-refractivity contribution in [1.82, 2.24) is 0 Å². The standard InChI is InChI=1S/C78H152O17P2/c1-5-9-13-17-21-25-29-31-33-35-36-37-39-41-45-49-53-57-61-65-78(83)95-74(69-89-76(81)63-59-55-51-47-44-40-38-34-32-30-26-22-18-14-10-6-2)71-93-97(86,87)91-67-72(79)66-90-96(84,85)92-70-73(94-77(82)64-60-56-52-48-43-28-24-20-16-12-8-4)68-88-75(80)62-58-54-50-46-42-27-23-19-15-11-7-3/h72-74,79H,5-71H2,1-4H3,(H,84,85)(H,86,87)/t72-,73+,74+/m0/s1. The minimum Gasteiger partial charge on any atom is -0.462 e. The third-order valence-corrected chi connectivity index (χ3v) is 20.3. The van der Waals surface area contributed by atoms with Gasteiger partial charge in [0.25, 0.3) is 0 Å². The van der Waals surface area contributed by atoms with Crippen molar-refractivity contribution < 1.29 is 80.2 Å². The number of hydrogen-bond acceptors (Lipinski definition) is 15. The molecule has 0 aromatic heterocycles. The Balaban J connectivity index is 5.22. The minimum absolute atomic E-state index is 0.108. The molecule has 0 saturated carbocycles. The zero-order chi connectivity index (χ0) is 71.1. The molecule has 0 aliphatic heterocycles. The Hall–Kier alpha value is -1.94. The minimum atomic E-state index is -4.96. The lowest BCUT2D eigenvalue weighted by molar-refractivity contribution is -0.161. The highest BCUT2D eigenvalue weighted by Crippen LogP contribution is 2.45. The monoisotopic (exact) mass is 1420 g/mol. The summed E-state index contributed by atoms with van der Waals surface area (Å²) >= 11 is 0. The van der Waals surface area contributed by atoms with E-state index >= 15 is 0 Å². The number of phosphoric acid groups is 2. The summed E-state index contributed by atoms with van der Waals surface area (Å²) in [7, 11) is -9.91. The second kappa shape index (κ2) is 72.4. The summed E-state index contributed by atoms with van der Waals surface area (Å²) < 4.78 is 68.6. The highest BCUT2D eigenvalue weighted by Gasteiger charge is 2.30. The summed E-state index contributed by atoms with van der Waals surface area (Å²) in [5.74, 6) is -2.11. The average Bonchev–Trinajstić information content (AvgIpc) is 2.34. The van der Waals surface area contributed by atoms with E-state index < -0.39 is 97.5 Å². The highest BCUT2D eigenvalue weighted by atomic mass is 31.2. The fourth-order valence-corrected chi connectivity index (χ4v) is 13.7. The van der Waals surface area contributed by atoms with Gasteiger partial charge in [0.1, 0.15) is 19.3 Å².